The third-order valence-electron chi connectivity index (χ3n) is 2.34. The summed E-state index contributed by atoms with van der Waals surface area (Å²) in [6, 6.07) is 6.50. The topological polar surface area (TPSA) is 25.2 Å². The average molecular weight is 240 g/mol. The summed E-state index contributed by atoms with van der Waals surface area (Å²) in [5.41, 5.74) is 1.75. The predicted molar refractivity (Wildman–Crippen MR) is 62.2 cm³/mol. The summed E-state index contributed by atoms with van der Waals surface area (Å²) in [4.78, 5) is 0. The van der Waals surface area contributed by atoms with Gasteiger partial charge in [-0.25, -0.2) is 4.39 Å². The Balaban J connectivity index is 2.05. The number of nitrogens with one attached hydrogen (secondary N) is 1. The first-order valence-corrected chi connectivity index (χ1v) is 5.26. The number of hydrogen-bond donors (Lipinski definition) is 1. The first-order chi connectivity index (χ1) is 7.66. The van der Waals surface area contributed by atoms with E-state index in [1.165, 1.54) is 12.1 Å². The van der Waals surface area contributed by atoms with E-state index in [0.29, 0.717) is 12.2 Å². The fourth-order valence-electron chi connectivity index (χ4n) is 1.37. The Bertz CT molecular complexity index is 496. The number of halogens is 2. The molecule has 0 spiro atoms. The van der Waals surface area contributed by atoms with E-state index >= 15 is 0 Å². The SMILES string of the molecule is Cc1ccoc1CNc1ccc(Cl)c(F)c1. The van der Waals surface area contributed by atoms with Gasteiger partial charge in [0.15, 0.2) is 0 Å². The minimum atomic E-state index is -0.428. The molecule has 0 amide bonds. The Hall–Kier alpha value is -1.48. The highest BCUT2D eigenvalue weighted by Crippen LogP contribution is 2.19. The molecule has 1 aromatic heterocycles. The van der Waals surface area contributed by atoms with Crippen molar-refractivity contribution in [1.29, 1.82) is 0 Å². The summed E-state index contributed by atoms with van der Waals surface area (Å²) in [6.07, 6.45) is 1.63. The molecule has 0 radical (unpaired) electrons. The Morgan fingerprint density at radius 2 is 2.19 bits per heavy atom. The normalized spacial score (nSPS) is 10.4. The second kappa shape index (κ2) is 4.58. The van der Waals surface area contributed by atoms with Crippen molar-refractivity contribution in [2.75, 3.05) is 5.32 Å². The Kier molecular flexibility index (Phi) is 3.15. The molecule has 0 aliphatic rings. The molecule has 16 heavy (non-hydrogen) atoms. The van der Waals surface area contributed by atoms with Crippen LogP contribution in [0.1, 0.15) is 11.3 Å². The zero-order chi connectivity index (χ0) is 11.5. The highest BCUT2D eigenvalue weighted by Gasteiger charge is 2.03. The molecule has 2 nitrogen and oxygen atoms in total. The summed E-state index contributed by atoms with van der Waals surface area (Å²) in [5.74, 6) is 0.415. The molecule has 0 bridgehead atoms. The lowest BCUT2D eigenvalue weighted by molar-refractivity contribution is 0.515. The molecule has 0 aliphatic heterocycles. The standard InChI is InChI=1S/C12H11ClFNO/c1-8-4-5-16-12(8)7-15-9-2-3-10(13)11(14)6-9/h2-6,15H,7H2,1H3. The van der Waals surface area contributed by atoms with Crippen LogP contribution >= 0.6 is 11.6 Å². The lowest BCUT2D eigenvalue weighted by atomic mass is 10.2. The molecule has 0 aliphatic carbocycles. The van der Waals surface area contributed by atoms with Gasteiger partial charge in [0.25, 0.3) is 0 Å². The molecule has 0 saturated carbocycles. The second-order valence-corrected chi connectivity index (χ2v) is 3.92. The Morgan fingerprint density at radius 1 is 1.38 bits per heavy atom. The molecule has 2 rings (SSSR count). The van der Waals surface area contributed by atoms with E-state index in [2.05, 4.69) is 5.32 Å². The first kappa shape index (κ1) is 11.0. The molecule has 1 N–H and O–H groups in total. The fourth-order valence-corrected chi connectivity index (χ4v) is 1.49. The van der Waals surface area contributed by atoms with Crippen LogP contribution in [0.3, 0.4) is 0 Å². The van der Waals surface area contributed by atoms with Crippen molar-refractivity contribution >= 4 is 17.3 Å². The Morgan fingerprint density at radius 3 is 2.81 bits per heavy atom. The van der Waals surface area contributed by atoms with Crippen molar-refractivity contribution in [3.05, 3.63) is 52.7 Å². The fraction of sp³-hybridized carbons (Fsp3) is 0.167. The zero-order valence-electron chi connectivity index (χ0n) is 8.76. The molecule has 84 valence electrons. The van der Waals surface area contributed by atoms with Crippen LogP contribution in [0.2, 0.25) is 5.02 Å². The number of benzene rings is 1. The third kappa shape index (κ3) is 2.36. The highest BCUT2D eigenvalue weighted by molar-refractivity contribution is 6.30. The largest absolute Gasteiger partial charge is 0.467 e. The second-order valence-electron chi connectivity index (χ2n) is 3.51. The van der Waals surface area contributed by atoms with E-state index in [4.69, 9.17) is 16.0 Å². The highest BCUT2D eigenvalue weighted by atomic mass is 35.5. The van der Waals surface area contributed by atoms with Gasteiger partial charge in [-0.2, -0.15) is 0 Å². The smallest absolute Gasteiger partial charge is 0.143 e. The van der Waals surface area contributed by atoms with Gasteiger partial charge in [0.2, 0.25) is 0 Å². The molecule has 0 atom stereocenters. The van der Waals surface area contributed by atoms with Gasteiger partial charge in [0, 0.05) is 5.69 Å². The summed E-state index contributed by atoms with van der Waals surface area (Å²) in [5, 5.41) is 3.19. The summed E-state index contributed by atoms with van der Waals surface area (Å²) < 4.78 is 18.4. The molecule has 2 aromatic rings. The molecule has 4 heteroatoms. The molecular weight excluding hydrogens is 229 g/mol. The Labute approximate surface area is 98.0 Å². The van der Waals surface area contributed by atoms with Gasteiger partial charge in [-0.3, -0.25) is 0 Å². The maximum absolute atomic E-state index is 13.1. The number of furan rings is 1. The van der Waals surface area contributed by atoms with Gasteiger partial charge >= 0.3 is 0 Å². The number of anilines is 1. The minimum Gasteiger partial charge on any atom is -0.467 e. The van der Waals surface area contributed by atoms with Crippen LogP contribution in [0.25, 0.3) is 0 Å². The van der Waals surface area contributed by atoms with Crippen molar-refractivity contribution in [1.82, 2.24) is 0 Å². The lowest BCUT2D eigenvalue weighted by Crippen LogP contribution is -1.99. The summed E-state index contributed by atoms with van der Waals surface area (Å²) in [7, 11) is 0. The zero-order valence-corrected chi connectivity index (χ0v) is 9.51. The molecule has 0 unspecified atom stereocenters. The van der Waals surface area contributed by atoms with E-state index in [1.807, 2.05) is 13.0 Å². The summed E-state index contributed by atoms with van der Waals surface area (Å²) >= 11 is 5.58. The van der Waals surface area contributed by atoms with Crippen LogP contribution in [-0.4, -0.2) is 0 Å². The van der Waals surface area contributed by atoms with E-state index < -0.39 is 5.82 Å². The molecule has 1 heterocycles. The van der Waals surface area contributed by atoms with Gasteiger partial charge in [-0.05, 0) is 36.8 Å². The van der Waals surface area contributed by atoms with Crippen molar-refractivity contribution in [2.45, 2.75) is 13.5 Å². The van der Waals surface area contributed by atoms with Crippen LogP contribution in [-0.2, 0) is 6.54 Å². The van der Waals surface area contributed by atoms with Gasteiger partial charge in [0.1, 0.15) is 11.6 Å². The third-order valence-corrected chi connectivity index (χ3v) is 2.65. The van der Waals surface area contributed by atoms with E-state index in [0.717, 1.165) is 11.3 Å². The van der Waals surface area contributed by atoms with Gasteiger partial charge < -0.3 is 9.73 Å². The van der Waals surface area contributed by atoms with Crippen molar-refractivity contribution < 1.29 is 8.81 Å². The maximum Gasteiger partial charge on any atom is 0.143 e. The van der Waals surface area contributed by atoms with Crippen LogP contribution < -0.4 is 5.32 Å². The average Bonchev–Trinajstić information content (AvgIpc) is 2.66. The van der Waals surface area contributed by atoms with E-state index in [1.54, 1.807) is 12.3 Å². The molecule has 1 aromatic carbocycles. The van der Waals surface area contributed by atoms with Crippen molar-refractivity contribution in [3.8, 4) is 0 Å². The molecule has 0 fully saturated rings. The van der Waals surface area contributed by atoms with Gasteiger partial charge in [-0.1, -0.05) is 11.6 Å². The first-order valence-electron chi connectivity index (χ1n) is 4.88. The predicted octanol–water partition coefficient (Wildman–Crippen LogP) is 3.99. The monoisotopic (exact) mass is 239 g/mol. The van der Waals surface area contributed by atoms with Crippen LogP contribution in [0, 0.1) is 12.7 Å². The number of rotatable bonds is 3. The van der Waals surface area contributed by atoms with Crippen molar-refractivity contribution in [3.63, 3.8) is 0 Å². The van der Waals surface area contributed by atoms with Gasteiger partial charge in [-0.15, -0.1) is 0 Å². The lowest BCUT2D eigenvalue weighted by Gasteiger charge is -2.05. The van der Waals surface area contributed by atoms with E-state index in [9.17, 15) is 4.39 Å². The number of aryl methyl sites for hydroxylation is 1. The van der Waals surface area contributed by atoms with Crippen LogP contribution in [0.15, 0.2) is 34.9 Å². The number of hydrogen-bond acceptors (Lipinski definition) is 2. The molecular formula is C12H11ClFNO. The minimum absolute atomic E-state index is 0.125. The van der Waals surface area contributed by atoms with Crippen molar-refractivity contribution in [2.24, 2.45) is 0 Å². The van der Waals surface area contributed by atoms with Crippen LogP contribution in [0.4, 0.5) is 10.1 Å². The van der Waals surface area contributed by atoms with Gasteiger partial charge in [0.05, 0.1) is 17.8 Å². The maximum atomic E-state index is 13.1. The summed E-state index contributed by atoms with van der Waals surface area (Å²) in [6.45, 7) is 2.49. The quantitative estimate of drug-likeness (QED) is 0.876. The molecule has 0 saturated heterocycles. The van der Waals surface area contributed by atoms with Crippen LogP contribution in [0.5, 0.6) is 0 Å². The van der Waals surface area contributed by atoms with E-state index in [-0.39, 0.29) is 5.02 Å².